The summed E-state index contributed by atoms with van der Waals surface area (Å²) in [7, 11) is -2.61. The lowest BCUT2D eigenvalue weighted by molar-refractivity contribution is 0.502. The highest BCUT2D eigenvalue weighted by Gasteiger charge is 2.38. The van der Waals surface area contributed by atoms with Gasteiger partial charge < -0.3 is 10.6 Å². The van der Waals surface area contributed by atoms with Crippen LogP contribution in [0.25, 0.3) is 0 Å². The summed E-state index contributed by atoms with van der Waals surface area (Å²) in [6.45, 7) is 0. The zero-order valence-corrected chi connectivity index (χ0v) is 10.9. The van der Waals surface area contributed by atoms with Crippen molar-refractivity contribution in [3.63, 3.8) is 0 Å². The van der Waals surface area contributed by atoms with Crippen LogP contribution in [-0.4, -0.2) is 27.2 Å². The van der Waals surface area contributed by atoms with E-state index in [-0.39, 0.29) is 11.8 Å². The molecule has 0 saturated carbocycles. The number of anilines is 1. The van der Waals surface area contributed by atoms with Crippen LogP contribution < -0.4 is 10.6 Å². The molecule has 0 amide bonds. The summed E-state index contributed by atoms with van der Waals surface area (Å²) in [4.78, 5) is 0. The Morgan fingerprint density at radius 3 is 2.71 bits per heavy atom. The number of benzene rings is 1. The molecule has 1 aromatic carbocycles. The largest absolute Gasteiger partial charge is 0.355 e. The molecule has 4 nitrogen and oxygen atoms in total. The quantitative estimate of drug-likeness (QED) is 0.565. The third kappa shape index (κ3) is 3.76. The molecule has 6 heteroatoms. The predicted molar refractivity (Wildman–Crippen MR) is 74.6 cm³/mol. The monoisotopic (exact) mass is 271 g/mol. The fraction of sp³-hybridized carbons (Fsp3) is 0.364. The van der Waals surface area contributed by atoms with Crippen LogP contribution >= 0.6 is 12.2 Å². The molecule has 0 radical (unpaired) electrons. The van der Waals surface area contributed by atoms with E-state index in [4.69, 9.17) is 12.2 Å². The van der Waals surface area contributed by atoms with Crippen molar-refractivity contribution in [3.8, 4) is 0 Å². The molecule has 0 aliphatic carbocycles. The lowest BCUT2D eigenvalue weighted by Gasteiger charge is -2.13. The molecule has 1 unspecified atom stereocenters. The van der Waals surface area contributed by atoms with Crippen LogP contribution in [-0.2, 0) is 14.4 Å². The summed E-state index contributed by atoms with van der Waals surface area (Å²) >= 11 is 5.15. The lowest BCUT2D eigenvalue weighted by Crippen LogP contribution is -2.38. The number of para-hydroxylation sites is 1. The summed E-state index contributed by atoms with van der Waals surface area (Å²) in [5.74, 6) is 0.641. The summed E-state index contributed by atoms with van der Waals surface area (Å²) in [5.41, 5.74) is 0.910. The summed E-state index contributed by atoms with van der Waals surface area (Å²) in [5, 5.41) is 6.60. The number of hydrogen-bond acceptors (Lipinski definition) is 2. The first kappa shape index (κ1) is 12.5. The smallest absolute Gasteiger partial charge is 0.216 e. The van der Waals surface area contributed by atoms with Gasteiger partial charge in [0.15, 0.2) is 10.9 Å². The Morgan fingerprint density at radius 1 is 1.41 bits per heavy atom. The number of rotatable bonds is 2. The van der Waals surface area contributed by atoms with E-state index in [9.17, 15) is 8.76 Å². The van der Waals surface area contributed by atoms with Crippen molar-refractivity contribution in [2.75, 3.05) is 16.8 Å². The van der Waals surface area contributed by atoms with Gasteiger partial charge in [0.2, 0.25) is 10.2 Å². The topological polar surface area (TPSA) is 61.4 Å². The highest BCUT2D eigenvalue weighted by Crippen LogP contribution is 2.16. The zero-order valence-electron chi connectivity index (χ0n) is 9.26. The maximum absolute atomic E-state index is 11.4. The molecule has 1 fully saturated rings. The molecule has 1 aromatic rings. The van der Waals surface area contributed by atoms with Gasteiger partial charge in [0, 0.05) is 12.1 Å². The van der Waals surface area contributed by atoms with Crippen molar-refractivity contribution in [1.29, 1.82) is 0 Å². The maximum Gasteiger partial charge on any atom is 0.216 e. The predicted octanol–water partition coefficient (Wildman–Crippen LogP) is 1.72. The Morgan fingerprint density at radius 2 is 2.12 bits per heavy atom. The molecular weight excluding hydrogens is 256 g/mol. The minimum absolute atomic E-state index is 0.00351. The minimum atomic E-state index is -2.61. The van der Waals surface area contributed by atoms with Crippen LogP contribution in [0.2, 0.25) is 0 Å². The van der Waals surface area contributed by atoms with Crippen LogP contribution in [0, 0.1) is 0 Å². The van der Waals surface area contributed by atoms with Gasteiger partial charge in [-0.1, -0.05) is 22.4 Å². The molecule has 0 aromatic heterocycles. The fourth-order valence-electron chi connectivity index (χ4n) is 1.80. The van der Waals surface area contributed by atoms with E-state index >= 15 is 0 Å². The van der Waals surface area contributed by atoms with Gasteiger partial charge >= 0.3 is 0 Å². The van der Waals surface area contributed by atoms with Crippen LogP contribution in [0.4, 0.5) is 5.69 Å². The summed E-state index contributed by atoms with van der Waals surface area (Å²) < 4.78 is 20.8. The molecule has 0 bridgehead atoms. The molecule has 3 N–H and O–H groups in total. The molecule has 2 atom stereocenters. The highest BCUT2D eigenvalue weighted by molar-refractivity contribution is 7.98. The Hall–Kier alpha value is -0.980. The number of thiocarbonyl (C=S) groups is 1. The molecular formula is C11H15N2O2S2+. The van der Waals surface area contributed by atoms with E-state index in [0.29, 0.717) is 17.3 Å². The Bertz CT molecular complexity index is 450. The van der Waals surface area contributed by atoms with Crippen molar-refractivity contribution in [1.82, 2.24) is 5.32 Å². The first-order valence-corrected chi connectivity index (χ1v) is 7.66. The molecule has 17 heavy (non-hydrogen) atoms. The van der Waals surface area contributed by atoms with Gasteiger partial charge in [0.1, 0.15) is 5.75 Å². The average Bonchev–Trinajstić information content (AvgIpc) is 2.59. The van der Waals surface area contributed by atoms with Crippen molar-refractivity contribution < 1.29 is 8.76 Å². The first-order valence-electron chi connectivity index (χ1n) is 5.40. The Balaban J connectivity index is 1.85. The van der Waals surface area contributed by atoms with Crippen molar-refractivity contribution >= 4 is 33.2 Å². The fourth-order valence-corrected chi connectivity index (χ4v) is 3.78. The summed E-state index contributed by atoms with van der Waals surface area (Å²) in [6.07, 6.45) is 0.686. The van der Waals surface area contributed by atoms with Gasteiger partial charge in [-0.25, -0.2) is 0 Å². The molecule has 1 saturated heterocycles. The second-order valence-electron chi connectivity index (χ2n) is 4.09. The minimum Gasteiger partial charge on any atom is -0.355 e. The van der Waals surface area contributed by atoms with E-state index in [1.165, 1.54) is 0 Å². The average molecular weight is 271 g/mol. The van der Waals surface area contributed by atoms with Crippen LogP contribution in [0.3, 0.4) is 0 Å². The second kappa shape index (κ2) is 5.12. The van der Waals surface area contributed by atoms with Crippen LogP contribution in [0.15, 0.2) is 30.3 Å². The highest BCUT2D eigenvalue weighted by atomic mass is 32.3. The molecule has 1 aliphatic heterocycles. The van der Waals surface area contributed by atoms with E-state index < -0.39 is 10.2 Å². The molecule has 92 valence electrons. The van der Waals surface area contributed by atoms with Gasteiger partial charge in [-0.15, -0.1) is 0 Å². The molecule has 0 spiro atoms. The molecule has 1 aliphatic rings. The van der Waals surface area contributed by atoms with Crippen molar-refractivity contribution in [2.24, 2.45) is 0 Å². The van der Waals surface area contributed by atoms with Gasteiger partial charge in [-0.3, -0.25) is 0 Å². The van der Waals surface area contributed by atoms with E-state index in [1.807, 2.05) is 30.3 Å². The standard InChI is InChI=1S/C11H14N2O2S2/c14-17(15)7-6-10(8-17)13-11(16)12-9-4-2-1-3-5-9/h1-5,10H,6-8H2,(H2-,12,13,14,15,16)/p+1/t10-/m1/s1. The van der Waals surface area contributed by atoms with Crippen molar-refractivity contribution in [3.05, 3.63) is 30.3 Å². The van der Waals surface area contributed by atoms with E-state index in [1.54, 1.807) is 0 Å². The second-order valence-corrected chi connectivity index (χ2v) is 6.79. The lowest BCUT2D eigenvalue weighted by atomic mass is 10.3. The molecule has 1 heterocycles. The molecule has 2 rings (SSSR count). The number of hydrogen-bond donors (Lipinski definition) is 3. The van der Waals surface area contributed by atoms with Crippen LogP contribution in [0.1, 0.15) is 6.42 Å². The van der Waals surface area contributed by atoms with E-state index in [0.717, 1.165) is 5.69 Å². The first-order chi connectivity index (χ1) is 8.05. The van der Waals surface area contributed by atoms with Gasteiger partial charge in [-0.05, 0) is 24.4 Å². The Labute approximate surface area is 107 Å². The van der Waals surface area contributed by atoms with Gasteiger partial charge in [0.25, 0.3) is 0 Å². The normalized spacial score (nSPS) is 27.7. The maximum atomic E-state index is 11.4. The summed E-state index contributed by atoms with van der Waals surface area (Å²) in [6, 6.07) is 9.59. The zero-order chi connectivity index (χ0) is 12.3. The third-order valence-corrected chi connectivity index (χ3v) is 4.63. The van der Waals surface area contributed by atoms with Crippen molar-refractivity contribution in [2.45, 2.75) is 12.5 Å². The third-order valence-electron chi connectivity index (χ3n) is 2.61. The van der Waals surface area contributed by atoms with E-state index in [2.05, 4.69) is 10.6 Å². The Kier molecular flexibility index (Phi) is 3.76. The van der Waals surface area contributed by atoms with Gasteiger partial charge in [-0.2, -0.15) is 4.55 Å². The SMILES string of the molecule is O=[S+]1(O)CC[C@@H](NC(=S)Nc2ccccc2)C1. The van der Waals surface area contributed by atoms with Gasteiger partial charge in [0.05, 0.1) is 6.04 Å². The van der Waals surface area contributed by atoms with Crippen LogP contribution in [0.5, 0.6) is 0 Å². The number of nitrogens with one attached hydrogen (secondary N) is 2.